The molecule has 0 aliphatic heterocycles. The zero-order chi connectivity index (χ0) is 13.6. The Hall–Kier alpha value is -0.900. The van der Waals surface area contributed by atoms with Crippen LogP contribution in [0.1, 0.15) is 19.8 Å². The second kappa shape index (κ2) is 12.6. The Labute approximate surface area is 111 Å². The first-order chi connectivity index (χ1) is 8.79. The summed E-state index contributed by atoms with van der Waals surface area (Å²) in [6.45, 7) is 15.3. The molecule has 0 radical (unpaired) electrons. The Morgan fingerprint density at radius 1 is 0.889 bits per heavy atom. The minimum atomic E-state index is 0.0257. The molecule has 2 atom stereocenters. The number of rotatable bonds is 13. The Kier molecular flexibility index (Phi) is 11.9. The fourth-order valence-electron chi connectivity index (χ4n) is 1.61. The van der Waals surface area contributed by atoms with E-state index in [0.717, 1.165) is 12.8 Å². The van der Waals surface area contributed by atoms with E-state index in [1.165, 1.54) is 0 Å². The van der Waals surface area contributed by atoms with Crippen molar-refractivity contribution in [2.75, 3.05) is 26.4 Å². The molecule has 3 heteroatoms. The van der Waals surface area contributed by atoms with Crippen molar-refractivity contribution >= 4 is 0 Å². The third-order valence-corrected chi connectivity index (χ3v) is 2.46. The lowest BCUT2D eigenvalue weighted by molar-refractivity contribution is -0.0707. The summed E-state index contributed by atoms with van der Waals surface area (Å²) >= 11 is 0. The fourth-order valence-corrected chi connectivity index (χ4v) is 1.61. The summed E-state index contributed by atoms with van der Waals surface area (Å²) in [6, 6.07) is 0. The van der Waals surface area contributed by atoms with Crippen molar-refractivity contribution in [3.63, 3.8) is 0 Å². The maximum absolute atomic E-state index is 5.74. The summed E-state index contributed by atoms with van der Waals surface area (Å²) in [6.07, 6.45) is 7.03. The Morgan fingerprint density at radius 3 is 1.94 bits per heavy atom. The average molecular weight is 254 g/mol. The number of hydrogen-bond donors (Lipinski definition) is 0. The standard InChI is InChI=1S/C15H26O3/c1-5-10-16-13-9-15(18-12-7-3)14(8-4)17-11-6-2/h5-7,14-15H,1-3,8-13H2,4H3. The van der Waals surface area contributed by atoms with E-state index in [-0.39, 0.29) is 12.2 Å². The van der Waals surface area contributed by atoms with Crippen LogP contribution in [0.2, 0.25) is 0 Å². The summed E-state index contributed by atoms with van der Waals surface area (Å²) in [4.78, 5) is 0. The fraction of sp³-hybridized carbons (Fsp3) is 0.600. The second-order valence-corrected chi connectivity index (χ2v) is 3.88. The van der Waals surface area contributed by atoms with Crippen molar-refractivity contribution < 1.29 is 14.2 Å². The van der Waals surface area contributed by atoms with Crippen LogP contribution in [0.15, 0.2) is 38.0 Å². The predicted octanol–water partition coefficient (Wildman–Crippen LogP) is 3.13. The van der Waals surface area contributed by atoms with Crippen LogP contribution in [-0.4, -0.2) is 38.6 Å². The summed E-state index contributed by atoms with van der Waals surface area (Å²) in [5.41, 5.74) is 0. The quantitative estimate of drug-likeness (QED) is 0.373. The smallest absolute Gasteiger partial charge is 0.0862 e. The van der Waals surface area contributed by atoms with Gasteiger partial charge in [0.05, 0.1) is 32.0 Å². The summed E-state index contributed by atoms with van der Waals surface area (Å²) in [5, 5.41) is 0. The summed E-state index contributed by atoms with van der Waals surface area (Å²) in [5.74, 6) is 0. The van der Waals surface area contributed by atoms with Gasteiger partial charge >= 0.3 is 0 Å². The van der Waals surface area contributed by atoms with E-state index in [1.54, 1.807) is 18.2 Å². The van der Waals surface area contributed by atoms with Crippen molar-refractivity contribution in [3.05, 3.63) is 38.0 Å². The zero-order valence-electron chi connectivity index (χ0n) is 11.5. The summed E-state index contributed by atoms with van der Waals surface area (Å²) in [7, 11) is 0. The van der Waals surface area contributed by atoms with Crippen molar-refractivity contribution in [3.8, 4) is 0 Å². The Balaban J connectivity index is 4.17. The molecule has 18 heavy (non-hydrogen) atoms. The third-order valence-electron chi connectivity index (χ3n) is 2.46. The van der Waals surface area contributed by atoms with Gasteiger partial charge in [-0.05, 0) is 12.8 Å². The average Bonchev–Trinajstić information content (AvgIpc) is 2.40. The highest BCUT2D eigenvalue weighted by molar-refractivity contribution is 4.76. The molecule has 0 saturated heterocycles. The van der Waals surface area contributed by atoms with Gasteiger partial charge in [0.1, 0.15) is 0 Å². The molecule has 0 aromatic heterocycles. The minimum Gasteiger partial charge on any atom is -0.377 e. The van der Waals surface area contributed by atoms with Gasteiger partial charge in [-0.3, -0.25) is 0 Å². The number of hydrogen-bond acceptors (Lipinski definition) is 3. The molecule has 0 amide bonds. The molecular weight excluding hydrogens is 228 g/mol. The molecule has 0 spiro atoms. The van der Waals surface area contributed by atoms with Gasteiger partial charge in [-0.1, -0.05) is 25.2 Å². The van der Waals surface area contributed by atoms with Crippen LogP contribution in [-0.2, 0) is 14.2 Å². The molecular formula is C15H26O3. The van der Waals surface area contributed by atoms with E-state index in [2.05, 4.69) is 26.7 Å². The molecule has 0 aromatic rings. The Morgan fingerprint density at radius 2 is 1.44 bits per heavy atom. The highest BCUT2D eigenvalue weighted by Crippen LogP contribution is 2.13. The SMILES string of the molecule is C=CCOCCC(OCC=C)C(CC)OCC=C. The van der Waals surface area contributed by atoms with Gasteiger partial charge in [0, 0.05) is 6.61 Å². The molecule has 0 aliphatic rings. The largest absolute Gasteiger partial charge is 0.377 e. The van der Waals surface area contributed by atoms with Crippen LogP contribution >= 0.6 is 0 Å². The van der Waals surface area contributed by atoms with Crippen LogP contribution in [0.4, 0.5) is 0 Å². The maximum Gasteiger partial charge on any atom is 0.0862 e. The monoisotopic (exact) mass is 254 g/mol. The van der Waals surface area contributed by atoms with Crippen LogP contribution in [0.3, 0.4) is 0 Å². The van der Waals surface area contributed by atoms with Crippen LogP contribution in [0, 0.1) is 0 Å². The number of ether oxygens (including phenoxy) is 3. The molecule has 0 bridgehead atoms. The van der Waals surface area contributed by atoms with E-state index in [0.29, 0.717) is 26.4 Å². The van der Waals surface area contributed by atoms with Crippen LogP contribution in [0.25, 0.3) is 0 Å². The lowest BCUT2D eigenvalue weighted by atomic mass is 10.1. The Bertz CT molecular complexity index is 226. The van der Waals surface area contributed by atoms with Crippen molar-refractivity contribution in [2.45, 2.75) is 32.0 Å². The lowest BCUT2D eigenvalue weighted by Crippen LogP contribution is -2.32. The first-order valence-corrected chi connectivity index (χ1v) is 6.43. The van der Waals surface area contributed by atoms with Gasteiger partial charge in [-0.15, -0.1) is 19.7 Å². The zero-order valence-corrected chi connectivity index (χ0v) is 11.5. The molecule has 0 rings (SSSR count). The predicted molar refractivity (Wildman–Crippen MR) is 75.8 cm³/mol. The van der Waals surface area contributed by atoms with E-state index in [1.807, 2.05) is 0 Å². The molecule has 0 fully saturated rings. The van der Waals surface area contributed by atoms with E-state index in [4.69, 9.17) is 14.2 Å². The van der Waals surface area contributed by atoms with Crippen molar-refractivity contribution in [1.29, 1.82) is 0 Å². The van der Waals surface area contributed by atoms with E-state index >= 15 is 0 Å². The van der Waals surface area contributed by atoms with Crippen LogP contribution in [0.5, 0.6) is 0 Å². The van der Waals surface area contributed by atoms with Crippen molar-refractivity contribution in [1.82, 2.24) is 0 Å². The molecule has 3 nitrogen and oxygen atoms in total. The van der Waals surface area contributed by atoms with Gasteiger partial charge in [-0.2, -0.15) is 0 Å². The molecule has 104 valence electrons. The van der Waals surface area contributed by atoms with Crippen molar-refractivity contribution in [2.24, 2.45) is 0 Å². The molecule has 2 unspecified atom stereocenters. The first-order valence-electron chi connectivity index (χ1n) is 6.43. The second-order valence-electron chi connectivity index (χ2n) is 3.88. The molecule has 0 N–H and O–H groups in total. The topological polar surface area (TPSA) is 27.7 Å². The van der Waals surface area contributed by atoms with Gasteiger partial charge in [0.25, 0.3) is 0 Å². The molecule has 0 saturated carbocycles. The molecule has 0 heterocycles. The van der Waals surface area contributed by atoms with E-state index in [9.17, 15) is 0 Å². The maximum atomic E-state index is 5.74. The normalized spacial score (nSPS) is 13.8. The van der Waals surface area contributed by atoms with Gasteiger partial charge in [0.2, 0.25) is 0 Å². The first kappa shape index (κ1) is 17.1. The molecule has 0 aromatic carbocycles. The van der Waals surface area contributed by atoms with E-state index < -0.39 is 0 Å². The van der Waals surface area contributed by atoms with Gasteiger partial charge < -0.3 is 14.2 Å². The van der Waals surface area contributed by atoms with Crippen LogP contribution < -0.4 is 0 Å². The lowest BCUT2D eigenvalue weighted by Gasteiger charge is -2.26. The summed E-state index contributed by atoms with van der Waals surface area (Å²) < 4.78 is 16.8. The highest BCUT2D eigenvalue weighted by atomic mass is 16.5. The minimum absolute atomic E-state index is 0.0257. The highest BCUT2D eigenvalue weighted by Gasteiger charge is 2.20. The van der Waals surface area contributed by atoms with Gasteiger partial charge in [0.15, 0.2) is 0 Å². The third kappa shape index (κ3) is 8.23. The molecule has 0 aliphatic carbocycles. The van der Waals surface area contributed by atoms with Gasteiger partial charge in [-0.25, -0.2) is 0 Å².